The zero-order valence-corrected chi connectivity index (χ0v) is 87.6. The number of benzene rings is 5. The summed E-state index contributed by atoms with van der Waals surface area (Å²) in [6.07, 6.45) is 44.7. The van der Waals surface area contributed by atoms with Crippen molar-refractivity contribution in [3.05, 3.63) is 266 Å². The maximum absolute atomic E-state index is 12.9. The minimum atomic E-state index is -0.352. The third-order valence-electron chi connectivity index (χ3n) is 38.2. The molecule has 0 spiro atoms. The number of aromatic nitrogens is 11. The Balaban J connectivity index is 0.000000106. The van der Waals surface area contributed by atoms with E-state index in [9.17, 15) is 19.2 Å². The van der Waals surface area contributed by atoms with Gasteiger partial charge in [0.15, 0.2) is 17.4 Å². The van der Waals surface area contributed by atoms with Crippen molar-refractivity contribution in [1.82, 2.24) is 55.0 Å². The highest BCUT2D eigenvalue weighted by Gasteiger charge is 2.57. The third kappa shape index (κ3) is 18.5. The highest BCUT2D eigenvalue weighted by atomic mass is 35.5. The molecule has 6 fully saturated rings. The Bertz CT molecular complexity index is 6670. The van der Waals surface area contributed by atoms with E-state index in [0.717, 1.165) is 190 Å². The summed E-state index contributed by atoms with van der Waals surface area (Å²) in [4.78, 5) is 101. The molecule has 18 heteroatoms. The maximum Gasteiger partial charge on any atom is 0.223 e. The summed E-state index contributed by atoms with van der Waals surface area (Å²) in [5, 5.41) is 4.45. The van der Waals surface area contributed by atoms with Gasteiger partial charge >= 0.3 is 0 Å². The van der Waals surface area contributed by atoms with E-state index in [-0.39, 0.29) is 62.6 Å². The second-order valence-corrected chi connectivity index (χ2v) is 46.8. The van der Waals surface area contributed by atoms with Crippen LogP contribution in [0.2, 0.25) is 5.28 Å². The fourth-order valence-electron chi connectivity index (χ4n) is 30.0. The van der Waals surface area contributed by atoms with E-state index < -0.39 is 0 Å². The van der Waals surface area contributed by atoms with E-state index in [0.29, 0.717) is 95.7 Å². The van der Waals surface area contributed by atoms with Gasteiger partial charge in [0.05, 0.1) is 63.1 Å². The van der Waals surface area contributed by atoms with Crippen LogP contribution in [0, 0.1) is 53.3 Å². The number of nitrogens with zero attached hydrogens (tertiary/aromatic N) is 11. The first-order valence-corrected chi connectivity index (χ1v) is 55.7. The van der Waals surface area contributed by atoms with Gasteiger partial charge in [-0.1, -0.05) is 277 Å². The highest BCUT2D eigenvalue weighted by molar-refractivity contribution is 6.28. The molecule has 0 bridgehead atoms. The van der Waals surface area contributed by atoms with Gasteiger partial charge in [0.25, 0.3) is 0 Å². The van der Waals surface area contributed by atoms with Crippen molar-refractivity contribution in [3.63, 3.8) is 0 Å². The smallest absolute Gasteiger partial charge is 0.223 e. The van der Waals surface area contributed by atoms with Gasteiger partial charge in [-0.05, 0) is 226 Å². The van der Waals surface area contributed by atoms with Gasteiger partial charge in [0.1, 0.15) is 40.9 Å². The number of ketones is 4. The van der Waals surface area contributed by atoms with Crippen molar-refractivity contribution in [2.24, 2.45) is 53.3 Å². The minimum Gasteiger partial charge on any atom is -0.374 e. The number of ether oxygens (including phenoxy) is 1. The molecule has 0 aliphatic heterocycles. The summed E-state index contributed by atoms with van der Waals surface area (Å²) >= 11 is 6.30. The largest absolute Gasteiger partial charge is 0.374 e. The van der Waals surface area contributed by atoms with Gasteiger partial charge in [0.2, 0.25) is 5.28 Å². The summed E-state index contributed by atoms with van der Waals surface area (Å²) in [6.45, 7) is 22.5. The van der Waals surface area contributed by atoms with Gasteiger partial charge in [-0.3, -0.25) is 19.2 Å². The molecule has 17 nitrogen and oxygen atoms in total. The SMILES string of the molecule is COC1C[C@@]2(C)c3nc(C4=CCCCC4)nc(-c4ccccc4)c3CC[C@@H]2[C@@H](C)C1=O.C[C@H]1C(=O)CC[C@@]2(C)c3nc(C4=CCCCC4)nc(-c4ccccc4)c3CC[C@H]12.C[C@H]1C(=O)CC[C@@]2(C)c3nc(C4CCCCC4)nc(-c4ccccc4)c3CC[C@H]12.C[C@H]1C(=O)CC[C@@]2(C)c3nc(Cl)nc(-c4ccccc4)c3CC[C@H]12.C[C@H]1c2oncc2C[C@@]2(C)c3nc(C4CCCCC4)nc(-c4ccccc4)c3CC[C@H]12. The van der Waals surface area contributed by atoms with Crippen LogP contribution in [-0.2, 0) is 89.5 Å². The zero-order valence-electron chi connectivity index (χ0n) is 86.9. The number of fused-ring (bicyclic) bond motifs is 16. The highest BCUT2D eigenvalue weighted by Crippen LogP contribution is 2.60. The number of hydrogen-bond acceptors (Lipinski definition) is 17. The fraction of sp³-hybridized carbons (Fsp3) is 0.516. The molecule has 0 N–H and O–H groups in total. The number of carbonyl (C=O) groups excluding carboxylic acids is 4. The molecule has 1 unspecified atom stereocenters. The van der Waals surface area contributed by atoms with Crippen LogP contribution in [0.1, 0.15) is 371 Å². The first-order valence-electron chi connectivity index (χ1n) is 55.3. The van der Waals surface area contributed by atoms with Gasteiger partial charge in [-0.25, -0.2) is 49.8 Å². The lowest BCUT2D eigenvalue weighted by Gasteiger charge is -2.50. The molecule has 25 rings (SSSR count). The molecule has 14 aliphatic carbocycles. The molecular weight excluding hydrogens is 1800 g/mol. The van der Waals surface area contributed by atoms with Crippen molar-refractivity contribution >= 4 is 45.9 Å². The number of halogens is 1. The van der Waals surface area contributed by atoms with Crippen LogP contribution in [0.3, 0.4) is 0 Å². The normalized spacial score (nSPS) is 29.3. The van der Waals surface area contributed by atoms with Gasteiger partial charge < -0.3 is 9.26 Å². The average Bonchev–Trinajstić information content (AvgIpc) is 1.13. The predicted octanol–water partition coefficient (Wildman–Crippen LogP) is 28.5. The van der Waals surface area contributed by atoms with E-state index in [1.165, 1.54) is 174 Å². The molecule has 144 heavy (non-hydrogen) atoms. The van der Waals surface area contributed by atoms with Crippen molar-refractivity contribution in [2.45, 2.75) is 351 Å². The topological polar surface area (TPSA) is 232 Å². The Morgan fingerprint density at radius 2 is 0.667 bits per heavy atom. The van der Waals surface area contributed by atoms with Crippen molar-refractivity contribution < 1.29 is 28.4 Å². The van der Waals surface area contributed by atoms with E-state index in [2.05, 4.69) is 230 Å². The first kappa shape index (κ1) is 99.1. The minimum absolute atomic E-state index is 0.00143. The van der Waals surface area contributed by atoms with Crippen LogP contribution < -0.4 is 0 Å². The summed E-state index contributed by atoms with van der Waals surface area (Å²) in [6, 6.07) is 52.7. The van der Waals surface area contributed by atoms with Crippen LogP contribution in [-0.4, -0.2) is 91.3 Å². The van der Waals surface area contributed by atoms with Crippen LogP contribution in [0.5, 0.6) is 0 Å². The molecule has 0 saturated heterocycles. The molecule has 11 aromatic rings. The summed E-state index contributed by atoms with van der Waals surface area (Å²) in [5.41, 5.74) is 27.4. The maximum atomic E-state index is 12.9. The molecule has 16 atom stereocenters. The van der Waals surface area contributed by atoms with Crippen LogP contribution in [0.25, 0.3) is 67.4 Å². The number of rotatable bonds is 10. The van der Waals surface area contributed by atoms with E-state index in [1.54, 1.807) is 7.11 Å². The van der Waals surface area contributed by atoms with E-state index in [1.807, 2.05) is 24.4 Å². The predicted molar refractivity (Wildman–Crippen MR) is 571 cm³/mol. The Hall–Kier alpha value is -10.9. The molecule has 0 amide bonds. The second kappa shape index (κ2) is 41.4. The zero-order chi connectivity index (χ0) is 99.5. The van der Waals surface area contributed by atoms with Gasteiger partial charge in [-0.2, -0.15) is 0 Å². The molecule has 6 aromatic heterocycles. The third-order valence-corrected chi connectivity index (χ3v) is 38.4. The molecule has 14 aliphatic rings. The first-order chi connectivity index (χ1) is 69.8. The number of allylic oxidation sites excluding steroid dienone is 4. The lowest BCUT2D eigenvalue weighted by atomic mass is 9.55. The van der Waals surface area contributed by atoms with Crippen LogP contribution in [0.15, 0.2) is 175 Å². The quantitative estimate of drug-likeness (QED) is 0.116. The van der Waals surface area contributed by atoms with Gasteiger partial charge in [0, 0.05) is 156 Å². The van der Waals surface area contributed by atoms with E-state index >= 15 is 0 Å². The Morgan fingerprint density at radius 1 is 0.333 bits per heavy atom. The monoisotopic (exact) mass is 1940 g/mol. The Morgan fingerprint density at radius 3 is 1.03 bits per heavy atom. The molecule has 6 heterocycles. The fourth-order valence-corrected chi connectivity index (χ4v) is 30.2. The lowest BCUT2D eigenvalue weighted by Crippen LogP contribution is -2.53. The number of carbonyl (C=O) groups is 4. The Labute approximate surface area is 857 Å². The summed E-state index contributed by atoms with van der Waals surface area (Å²) < 4.78 is 11.3. The average molecular weight is 1950 g/mol. The van der Waals surface area contributed by atoms with Crippen molar-refractivity contribution in [3.8, 4) is 56.3 Å². The Kier molecular flexibility index (Phi) is 28.5. The molecule has 5 aromatic carbocycles. The van der Waals surface area contributed by atoms with Crippen molar-refractivity contribution in [1.29, 1.82) is 0 Å². The van der Waals surface area contributed by atoms with Crippen LogP contribution >= 0.6 is 11.6 Å². The molecular formula is C126H146ClN11O6. The molecule has 6 saturated carbocycles. The van der Waals surface area contributed by atoms with Crippen molar-refractivity contribution in [2.75, 3.05) is 7.11 Å². The van der Waals surface area contributed by atoms with E-state index in [4.69, 9.17) is 60.7 Å². The summed E-state index contributed by atoms with van der Waals surface area (Å²) in [7, 11) is 1.66. The lowest BCUT2D eigenvalue weighted by molar-refractivity contribution is -0.143. The number of hydrogen-bond donors (Lipinski definition) is 0. The number of methoxy groups -OCH3 is 1. The summed E-state index contributed by atoms with van der Waals surface area (Å²) in [5.74, 6) is 10.3. The van der Waals surface area contributed by atoms with Crippen LogP contribution in [0.4, 0.5) is 0 Å². The second-order valence-electron chi connectivity index (χ2n) is 46.5. The molecule has 748 valence electrons. The number of Topliss-reactive ketones (excluding diaryl/α,β-unsaturated/α-hetero) is 4. The van der Waals surface area contributed by atoms with Gasteiger partial charge in [-0.15, -0.1) is 0 Å². The molecule has 0 radical (unpaired) electrons. The standard InChI is InChI=1S/C27H31N3O.C27H32N2O2.C26H32N2O.C26H30N2O.C20H21ClN2O/c1-17-22-14-13-21-23(18-9-5-3-6-10-18)29-26(19-11-7-4-8-12-19)30-25(21)27(22,2)15-20-16-28-31-24(17)20;1-17-21-15-14-20-23(18-10-6-4-7-11-18)28-26(19-12-8-5-9-13-19)29-25(20)27(21,2)16-22(31-3)24(17)30;2*1-17-21-14-13-20-23(18-9-5-3-6-10-18)27-25(19-11-7-4-8-12-19)28-24(20)26(21,2)16-15-22(17)29;1-12-15-9-8-14-17(13-6-4-3-5-7-13)22-19(21)23-18(14)20(15,2)11-10-16(12)24/h3,5-6,9-10,16-17,19,22H,4,7-8,11-15H2,1-2H3;4,6-7,10-12,17,21-22H,5,8-9,13-16H2,1-3H3;3,5-6,9-10,17,19,21H,4,7-8,11-16H2,1-2H3;3,5-6,9-11,17,21H,4,7-8,12-16H2,1-2H3;3-7,12,15H,8-11H2,1-2H3/t17-,22-,27-;17-,21-,22?,27-;2*17-,21-,26-;12-,15-,20-/m11111/s1.